The summed E-state index contributed by atoms with van der Waals surface area (Å²) in [6.07, 6.45) is 5.72. The molecule has 0 aliphatic rings. The number of ether oxygens (including phenoxy) is 1. The Hall–Kier alpha value is -1.61. The number of hydrogen-bond donors (Lipinski definition) is 0. The minimum Gasteiger partial charge on any atom is -0.473 e. The summed E-state index contributed by atoms with van der Waals surface area (Å²) < 4.78 is 6.41. The van der Waals surface area contributed by atoms with Gasteiger partial charge in [0.25, 0.3) is 0 Å². The monoisotopic (exact) mass is 289 g/mol. The Morgan fingerprint density at radius 1 is 1.12 bits per heavy atom. The third-order valence-corrected chi connectivity index (χ3v) is 2.61. The van der Waals surface area contributed by atoms with Gasteiger partial charge in [-0.1, -0.05) is 36.4 Å². The molecule has 0 saturated carbocycles. The Balaban J connectivity index is 1.84. The fraction of sp³-hybridized carbons (Fsp3) is 0.0714. The van der Waals surface area contributed by atoms with Gasteiger partial charge in [0.2, 0.25) is 5.88 Å². The van der Waals surface area contributed by atoms with E-state index in [0.29, 0.717) is 12.5 Å². The standard InChI is InChI=1S/C14H12BrNO/c15-13-8-9-14(16-11-13)17-10-4-7-12-5-2-1-3-6-12/h1-9,11H,10H2/b7-4+. The largest absolute Gasteiger partial charge is 0.473 e. The topological polar surface area (TPSA) is 22.1 Å². The molecule has 1 aromatic carbocycles. The van der Waals surface area contributed by atoms with E-state index >= 15 is 0 Å². The van der Waals surface area contributed by atoms with E-state index in [-0.39, 0.29) is 0 Å². The molecular formula is C14H12BrNO. The highest BCUT2D eigenvalue weighted by Crippen LogP contribution is 2.12. The lowest BCUT2D eigenvalue weighted by atomic mass is 10.2. The maximum Gasteiger partial charge on any atom is 0.213 e. The van der Waals surface area contributed by atoms with E-state index in [4.69, 9.17) is 4.74 Å². The quantitative estimate of drug-likeness (QED) is 0.851. The van der Waals surface area contributed by atoms with E-state index < -0.39 is 0 Å². The second-order valence-electron chi connectivity index (χ2n) is 3.44. The first kappa shape index (κ1) is 11.9. The van der Waals surface area contributed by atoms with Gasteiger partial charge in [-0.2, -0.15) is 0 Å². The second kappa shape index (κ2) is 6.21. The van der Waals surface area contributed by atoms with Crippen LogP contribution in [0.2, 0.25) is 0 Å². The zero-order valence-corrected chi connectivity index (χ0v) is 10.8. The molecule has 17 heavy (non-hydrogen) atoms. The Morgan fingerprint density at radius 2 is 1.94 bits per heavy atom. The number of pyridine rings is 1. The Morgan fingerprint density at radius 3 is 2.65 bits per heavy atom. The highest BCUT2D eigenvalue weighted by Gasteiger charge is 1.92. The zero-order valence-electron chi connectivity index (χ0n) is 9.21. The molecule has 0 fully saturated rings. The van der Waals surface area contributed by atoms with Crippen LogP contribution in [-0.4, -0.2) is 11.6 Å². The summed E-state index contributed by atoms with van der Waals surface area (Å²) in [5.74, 6) is 0.630. The van der Waals surface area contributed by atoms with Crippen molar-refractivity contribution in [2.75, 3.05) is 6.61 Å². The third kappa shape index (κ3) is 4.04. The van der Waals surface area contributed by atoms with Crippen molar-refractivity contribution in [2.45, 2.75) is 0 Å². The molecule has 0 spiro atoms. The highest BCUT2D eigenvalue weighted by atomic mass is 79.9. The smallest absolute Gasteiger partial charge is 0.213 e. The van der Waals surface area contributed by atoms with Crippen molar-refractivity contribution in [1.82, 2.24) is 4.98 Å². The Labute approximate surface area is 109 Å². The maximum absolute atomic E-state index is 5.46. The van der Waals surface area contributed by atoms with Gasteiger partial charge in [0, 0.05) is 16.7 Å². The predicted octanol–water partition coefficient (Wildman–Crippen LogP) is 3.94. The lowest BCUT2D eigenvalue weighted by Crippen LogP contribution is -1.94. The second-order valence-corrected chi connectivity index (χ2v) is 4.35. The van der Waals surface area contributed by atoms with Gasteiger partial charge < -0.3 is 4.74 Å². The summed E-state index contributed by atoms with van der Waals surface area (Å²) in [6, 6.07) is 13.9. The van der Waals surface area contributed by atoms with Crippen LogP contribution in [0.15, 0.2) is 59.2 Å². The summed E-state index contributed by atoms with van der Waals surface area (Å²) in [6.45, 7) is 0.517. The summed E-state index contributed by atoms with van der Waals surface area (Å²) in [4.78, 5) is 4.12. The number of halogens is 1. The normalized spacial score (nSPS) is 10.6. The number of rotatable bonds is 4. The van der Waals surface area contributed by atoms with Crippen molar-refractivity contribution in [1.29, 1.82) is 0 Å². The summed E-state index contributed by atoms with van der Waals surface area (Å²) in [5.41, 5.74) is 1.17. The first-order valence-electron chi connectivity index (χ1n) is 5.30. The molecule has 1 heterocycles. The van der Waals surface area contributed by atoms with Crippen molar-refractivity contribution >= 4 is 22.0 Å². The fourth-order valence-electron chi connectivity index (χ4n) is 1.33. The van der Waals surface area contributed by atoms with Crippen LogP contribution in [0.4, 0.5) is 0 Å². The van der Waals surface area contributed by atoms with Gasteiger partial charge in [0.05, 0.1) is 0 Å². The Kier molecular flexibility index (Phi) is 4.33. The molecule has 2 aromatic rings. The molecule has 3 heteroatoms. The maximum atomic E-state index is 5.46. The van der Waals surface area contributed by atoms with Gasteiger partial charge in [-0.05, 0) is 33.6 Å². The molecule has 1 aromatic heterocycles. The van der Waals surface area contributed by atoms with Crippen LogP contribution < -0.4 is 4.74 Å². The van der Waals surface area contributed by atoms with Crippen LogP contribution in [0.5, 0.6) is 5.88 Å². The lowest BCUT2D eigenvalue weighted by Gasteiger charge is -2.01. The molecule has 0 aliphatic carbocycles. The van der Waals surface area contributed by atoms with Crippen molar-refractivity contribution in [3.8, 4) is 5.88 Å². The van der Waals surface area contributed by atoms with E-state index in [1.165, 1.54) is 5.56 Å². The minimum atomic E-state index is 0.517. The summed E-state index contributed by atoms with van der Waals surface area (Å²) in [7, 11) is 0. The number of aromatic nitrogens is 1. The third-order valence-electron chi connectivity index (χ3n) is 2.14. The number of hydrogen-bond acceptors (Lipinski definition) is 2. The molecule has 0 amide bonds. The van der Waals surface area contributed by atoms with Crippen LogP contribution in [0.1, 0.15) is 5.56 Å². The van der Waals surface area contributed by atoms with Crippen LogP contribution in [0, 0.1) is 0 Å². The van der Waals surface area contributed by atoms with Crippen molar-refractivity contribution in [3.63, 3.8) is 0 Å². The molecule has 2 rings (SSSR count). The lowest BCUT2D eigenvalue weighted by molar-refractivity contribution is 0.349. The molecule has 0 bridgehead atoms. The molecule has 0 N–H and O–H groups in total. The van der Waals surface area contributed by atoms with E-state index in [1.54, 1.807) is 6.20 Å². The minimum absolute atomic E-state index is 0.517. The first-order chi connectivity index (χ1) is 8.34. The molecule has 0 saturated heterocycles. The number of nitrogens with zero attached hydrogens (tertiary/aromatic N) is 1. The highest BCUT2D eigenvalue weighted by molar-refractivity contribution is 9.10. The van der Waals surface area contributed by atoms with Gasteiger partial charge in [-0.25, -0.2) is 4.98 Å². The van der Waals surface area contributed by atoms with Gasteiger partial charge in [0.1, 0.15) is 6.61 Å². The molecule has 86 valence electrons. The number of benzene rings is 1. The van der Waals surface area contributed by atoms with Gasteiger partial charge in [-0.15, -0.1) is 0 Å². The molecule has 0 radical (unpaired) electrons. The average Bonchev–Trinajstić information content (AvgIpc) is 2.38. The van der Waals surface area contributed by atoms with E-state index in [9.17, 15) is 0 Å². The molecule has 0 unspecified atom stereocenters. The predicted molar refractivity (Wildman–Crippen MR) is 72.9 cm³/mol. The summed E-state index contributed by atoms with van der Waals surface area (Å²) >= 11 is 3.33. The van der Waals surface area contributed by atoms with Crippen molar-refractivity contribution in [3.05, 3.63) is 64.8 Å². The molecular weight excluding hydrogens is 278 g/mol. The SMILES string of the molecule is Brc1ccc(OC/C=C/c2ccccc2)nc1. The van der Waals surface area contributed by atoms with Crippen molar-refractivity contribution < 1.29 is 4.74 Å². The van der Waals surface area contributed by atoms with Crippen LogP contribution in [0.3, 0.4) is 0 Å². The van der Waals surface area contributed by atoms with Crippen LogP contribution in [-0.2, 0) is 0 Å². The zero-order chi connectivity index (χ0) is 11.9. The van der Waals surface area contributed by atoms with Crippen molar-refractivity contribution in [2.24, 2.45) is 0 Å². The summed E-state index contributed by atoms with van der Waals surface area (Å²) in [5, 5.41) is 0. The van der Waals surface area contributed by atoms with E-state index in [1.807, 2.05) is 54.6 Å². The van der Waals surface area contributed by atoms with Gasteiger partial charge in [-0.3, -0.25) is 0 Å². The van der Waals surface area contributed by atoms with Gasteiger partial charge in [0.15, 0.2) is 0 Å². The van der Waals surface area contributed by atoms with E-state index in [2.05, 4.69) is 20.9 Å². The van der Waals surface area contributed by atoms with Gasteiger partial charge >= 0.3 is 0 Å². The Bertz CT molecular complexity index is 479. The first-order valence-corrected chi connectivity index (χ1v) is 6.10. The molecule has 0 aliphatic heterocycles. The van der Waals surface area contributed by atoms with E-state index in [0.717, 1.165) is 4.47 Å². The van der Waals surface area contributed by atoms with Crippen LogP contribution in [0.25, 0.3) is 6.08 Å². The van der Waals surface area contributed by atoms with Crippen LogP contribution >= 0.6 is 15.9 Å². The fourth-order valence-corrected chi connectivity index (χ4v) is 1.56. The molecule has 0 atom stereocenters. The molecule has 2 nitrogen and oxygen atoms in total. The average molecular weight is 290 g/mol.